The van der Waals surface area contributed by atoms with E-state index in [2.05, 4.69) is 4.74 Å². The molecular weight excluding hydrogens is 269 g/mol. The van der Waals surface area contributed by atoms with E-state index in [4.69, 9.17) is 11.6 Å². The molecular formula is C12H10ClF3O2. The second kappa shape index (κ2) is 6.44. The number of hydrogen-bond donors (Lipinski definition) is 0. The molecule has 18 heavy (non-hydrogen) atoms. The highest BCUT2D eigenvalue weighted by Gasteiger charge is 2.31. The van der Waals surface area contributed by atoms with Gasteiger partial charge in [-0.25, -0.2) is 0 Å². The third-order valence-electron chi connectivity index (χ3n) is 1.91. The van der Waals surface area contributed by atoms with Crippen LogP contribution in [-0.2, 0) is 0 Å². The predicted molar refractivity (Wildman–Crippen MR) is 62.9 cm³/mol. The minimum Gasteiger partial charge on any atom is -0.406 e. The Bertz CT molecular complexity index is 441. The van der Waals surface area contributed by atoms with Crippen LogP contribution in [0.4, 0.5) is 13.2 Å². The Morgan fingerprint density at radius 2 is 1.89 bits per heavy atom. The summed E-state index contributed by atoms with van der Waals surface area (Å²) in [4.78, 5) is 10.6. The van der Waals surface area contributed by atoms with Crippen molar-refractivity contribution in [3.8, 4) is 5.75 Å². The molecule has 0 spiro atoms. The number of aldehydes is 1. The summed E-state index contributed by atoms with van der Waals surface area (Å²) in [5.74, 6) is -0.00639. The highest BCUT2D eigenvalue weighted by atomic mass is 35.5. The maximum absolute atomic E-state index is 12.1. The third kappa shape index (κ3) is 5.23. The van der Waals surface area contributed by atoms with E-state index in [9.17, 15) is 18.0 Å². The van der Waals surface area contributed by atoms with E-state index in [1.54, 1.807) is 12.2 Å². The Morgan fingerprint density at radius 3 is 2.44 bits per heavy atom. The molecule has 0 unspecified atom stereocenters. The standard InChI is InChI=1S/C12H10ClF3O2/c13-4-2-1-3-9-5-10(8-17)7-11(6-9)18-12(14,15)16/h1,3,5-8H,2,4H2. The highest BCUT2D eigenvalue weighted by molar-refractivity contribution is 6.17. The molecule has 0 N–H and O–H groups in total. The SMILES string of the molecule is O=Cc1cc(C=CCCCl)cc(OC(F)(F)F)c1. The lowest BCUT2D eigenvalue weighted by atomic mass is 10.1. The summed E-state index contributed by atoms with van der Waals surface area (Å²) in [6.07, 6.45) is -0.448. The van der Waals surface area contributed by atoms with Gasteiger partial charge in [-0.1, -0.05) is 12.2 Å². The number of alkyl halides is 4. The van der Waals surface area contributed by atoms with Crippen LogP contribution in [0.25, 0.3) is 6.08 Å². The Balaban J connectivity index is 2.98. The zero-order valence-electron chi connectivity index (χ0n) is 9.21. The Labute approximate surface area is 107 Å². The van der Waals surface area contributed by atoms with Crippen molar-refractivity contribution in [2.75, 3.05) is 5.88 Å². The quantitative estimate of drug-likeness (QED) is 0.600. The van der Waals surface area contributed by atoms with Crippen molar-refractivity contribution in [1.82, 2.24) is 0 Å². The summed E-state index contributed by atoms with van der Waals surface area (Å²) in [6.45, 7) is 0. The lowest BCUT2D eigenvalue weighted by Gasteiger charge is -2.09. The molecule has 0 saturated heterocycles. The number of allylic oxidation sites excluding steroid dienone is 1. The lowest BCUT2D eigenvalue weighted by Crippen LogP contribution is -2.17. The van der Waals surface area contributed by atoms with Gasteiger partial charge in [0.25, 0.3) is 0 Å². The van der Waals surface area contributed by atoms with E-state index in [1.165, 1.54) is 12.1 Å². The van der Waals surface area contributed by atoms with Crippen molar-refractivity contribution in [2.45, 2.75) is 12.8 Å². The van der Waals surface area contributed by atoms with Crippen LogP contribution < -0.4 is 4.74 Å². The van der Waals surface area contributed by atoms with Gasteiger partial charge >= 0.3 is 6.36 Å². The first kappa shape index (κ1) is 14.6. The summed E-state index contributed by atoms with van der Waals surface area (Å²) >= 11 is 5.46. The first-order chi connectivity index (χ1) is 8.44. The number of benzene rings is 1. The number of rotatable bonds is 5. The van der Waals surface area contributed by atoms with Gasteiger partial charge in [-0.05, 0) is 30.2 Å². The summed E-state index contributed by atoms with van der Waals surface area (Å²) in [7, 11) is 0. The fourth-order valence-electron chi connectivity index (χ4n) is 1.29. The van der Waals surface area contributed by atoms with E-state index < -0.39 is 12.1 Å². The number of hydrogen-bond acceptors (Lipinski definition) is 2. The maximum atomic E-state index is 12.1. The van der Waals surface area contributed by atoms with Gasteiger partial charge in [0.05, 0.1) is 0 Å². The second-order valence-electron chi connectivity index (χ2n) is 3.38. The van der Waals surface area contributed by atoms with Crippen molar-refractivity contribution in [2.24, 2.45) is 0 Å². The fourth-order valence-corrected chi connectivity index (χ4v) is 1.41. The van der Waals surface area contributed by atoms with E-state index >= 15 is 0 Å². The topological polar surface area (TPSA) is 26.3 Å². The van der Waals surface area contributed by atoms with Gasteiger partial charge in [-0.2, -0.15) is 0 Å². The van der Waals surface area contributed by atoms with E-state index in [0.717, 1.165) is 6.07 Å². The fraction of sp³-hybridized carbons (Fsp3) is 0.250. The molecule has 0 aromatic heterocycles. The molecule has 0 bridgehead atoms. The van der Waals surface area contributed by atoms with E-state index in [0.29, 0.717) is 24.2 Å². The second-order valence-corrected chi connectivity index (χ2v) is 3.76. The van der Waals surface area contributed by atoms with Crippen molar-refractivity contribution >= 4 is 24.0 Å². The van der Waals surface area contributed by atoms with Crippen LogP contribution in [0.1, 0.15) is 22.3 Å². The summed E-state index contributed by atoms with van der Waals surface area (Å²) < 4.78 is 40.0. The zero-order chi connectivity index (χ0) is 13.6. The van der Waals surface area contributed by atoms with Gasteiger partial charge in [0.1, 0.15) is 12.0 Å². The average Bonchev–Trinajstić information content (AvgIpc) is 2.26. The zero-order valence-corrected chi connectivity index (χ0v) is 9.96. The van der Waals surface area contributed by atoms with Gasteiger partial charge in [0, 0.05) is 11.4 Å². The van der Waals surface area contributed by atoms with E-state index in [1.807, 2.05) is 0 Å². The molecule has 1 rings (SSSR count). The van der Waals surface area contributed by atoms with Crippen LogP contribution in [0.15, 0.2) is 24.3 Å². The largest absolute Gasteiger partial charge is 0.573 e. The summed E-state index contributed by atoms with van der Waals surface area (Å²) in [5.41, 5.74) is 0.561. The predicted octanol–water partition coefficient (Wildman–Crippen LogP) is 4.04. The Kier molecular flexibility index (Phi) is 5.22. The third-order valence-corrected chi connectivity index (χ3v) is 2.13. The van der Waals surface area contributed by atoms with Crippen LogP contribution in [0.3, 0.4) is 0 Å². The molecule has 0 radical (unpaired) electrons. The number of ether oxygens (including phenoxy) is 1. The summed E-state index contributed by atoms with van der Waals surface area (Å²) in [5, 5.41) is 0. The molecule has 0 aliphatic rings. The van der Waals surface area contributed by atoms with Gasteiger partial charge in [0.15, 0.2) is 0 Å². The monoisotopic (exact) mass is 278 g/mol. The normalized spacial score (nSPS) is 11.8. The Hall–Kier alpha value is -1.49. The van der Waals surface area contributed by atoms with Crippen LogP contribution >= 0.6 is 11.6 Å². The van der Waals surface area contributed by atoms with Gasteiger partial charge in [-0.3, -0.25) is 4.79 Å². The van der Waals surface area contributed by atoms with E-state index in [-0.39, 0.29) is 5.56 Å². The van der Waals surface area contributed by atoms with Crippen molar-refractivity contribution in [3.63, 3.8) is 0 Å². The van der Waals surface area contributed by atoms with Crippen LogP contribution in [0.2, 0.25) is 0 Å². The molecule has 0 heterocycles. The number of carbonyl (C=O) groups is 1. The van der Waals surface area contributed by atoms with Crippen molar-refractivity contribution in [3.05, 3.63) is 35.4 Å². The van der Waals surface area contributed by atoms with Gasteiger partial charge < -0.3 is 4.74 Å². The molecule has 2 nitrogen and oxygen atoms in total. The number of carbonyl (C=O) groups excluding carboxylic acids is 1. The molecule has 6 heteroatoms. The first-order valence-corrected chi connectivity index (χ1v) is 5.56. The molecule has 0 fully saturated rings. The minimum atomic E-state index is -4.78. The van der Waals surface area contributed by atoms with Crippen LogP contribution in [0, 0.1) is 0 Å². The molecule has 1 aromatic rings. The summed E-state index contributed by atoms with van der Waals surface area (Å²) in [6, 6.07) is 3.69. The lowest BCUT2D eigenvalue weighted by molar-refractivity contribution is -0.274. The Morgan fingerprint density at radius 1 is 1.22 bits per heavy atom. The van der Waals surface area contributed by atoms with Crippen LogP contribution in [0.5, 0.6) is 5.75 Å². The maximum Gasteiger partial charge on any atom is 0.573 e. The molecule has 0 amide bonds. The molecule has 0 aliphatic heterocycles. The highest BCUT2D eigenvalue weighted by Crippen LogP contribution is 2.25. The molecule has 98 valence electrons. The first-order valence-electron chi connectivity index (χ1n) is 5.03. The molecule has 0 aliphatic carbocycles. The number of halogens is 4. The van der Waals surface area contributed by atoms with Gasteiger partial charge in [0.2, 0.25) is 0 Å². The van der Waals surface area contributed by atoms with Crippen molar-refractivity contribution in [1.29, 1.82) is 0 Å². The molecule has 0 saturated carbocycles. The molecule has 0 atom stereocenters. The van der Waals surface area contributed by atoms with Gasteiger partial charge in [-0.15, -0.1) is 24.8 Å². The molecule has 1 aromatic carbocycles. The smallest absolute Gasteiger partial charge is 0.406 e. The average molecular weight is 279 g/mol. The minimum absolute atomic E-state index is 0.113. The van der Waals surface area contributed by atoms with Crippen LogP contribution in [-0.4, -0.2) is 18.5 Å². The van der Waals surface area contributed by atoms with Crippen molar-refractivity contribution < 1.29 is 22.7 Å².